The normalized spacial score (nSPS) is 15.1. The van der Waals surface area contributed by atoms with Crippen molar-refractivity contribution in [3.63, 3.8) is 0 Å². The molecule has 1 fully saturated rings. The summed E-state index contributed by atoms with van der Waals surface area (Å²) in [6.07, 6.45) is 2.67. The van der Waals surface area contributed by atoms with E-state index >= 15 is 0 Å². The van der Waals surface area contributed by atoms with Crippen LogP contribution in [0, 0.1) is 0 Å². The predicted molar refractivity (Wildman–Crippen MR) is 115 cm³/mol. The Morgan fingerprint density at radius 1 is 1.07 bits per heavy atom. The summed E-state index contributed by atoms with van der Waals surface area (Å²) in [5, 5.41) is 3.60. The lowest BCUT2D eigenvalue weighted by Crippen LogP contribution is -2.37. The van der Waals surface area contributed by atoms with Gasteiger partial charge in [-0.3, -0.25) is 14.5 Å². The van der Waals surface area contributed by atoms with Gasteiger partial charge in [0.25, 0.3) is 0 Å². The van der Waals surface area contributed by atoms with Crippen LogP contribution >= 0.6 is 11.6 Å². The Morgan fingerprint density at radius 3 is 2.45 bits per heavy atom. The van der Waals surface area contributed by atoms with Gasteiger partial charge in [0, 0.05) is 35.5 Å². The molecule has 5 nitrogen and oxygen atoms in total. The summed E-state index contributed by atoms with van der Waals surface area (Å²) in [4.78, 5) is 27.1. The van der Waals surface area contributed by atoms with Crippen LogP contribution < -0.4 is 10.1 Å². The molecular weight excluding hydrogens is 388 g/mol. The van der Waals surface area contributed by atoms with Crippen molar-refractivity contribution in [1.82, 2.24) is 10.2 Å². The van der Waals surface area contributed by atoms with Gasteiger partial charge in [0.1, 0.15) is 5.75 Å². The predicted octanol–water partition coefficient (Wildman–Crippen LogP) is 4.26. The Balaban J connectivity index is 1.58. The van der Waals surface area contributed by atoms with E-state index < -0.39 is 0 Å². The fourth-order valence-corrected chi connectivity index (χ4v) is 3.86. The number of nitrogens with zero attached hydrogens (tertiary/aromatic N) is 1. The molecule has 2 aromatic carbocycles. The number of nitrogens with one attached hydrogen (secondary N) is 1. The summed E-state index contributed by atoms with van der Waals surface area (Å²) < 4.78 is 5.54. The van der Waals surface area contributed by atoms with Crippen molar-refractivity contribution in [2.75, 3.05) is 26.7 Å². The highest BCUT2D eigenvalue weighted by molar-refractivity contribution is 6.30. The summed E-state index contributed by atoms with van der Waals surface area (Å²) in [7, 11) is 1.67. The Kier molecular flexibility index (Phi) is 7.67. The molecule has 1 aliphatic heterocycles. The van der Waals surface area contributed by atoms with Crippen LogP contribution in [0.15, 0.2) is 48.5 Å². The fraction of sp³-hybridized carbons (Fsp3) is 0.391. The van der Waals surface area contributed by atoms with Gasteiger partial charge in [-0.1, -0.05) is 29.8 Å². The largest absolute Gasteiger partial charge is 0.496 e. The first-order valence-electron chi connectivity index (χ1n) is 10.0. The average Bonchev–Trinajstić information content (AvgIpc) is 3.27. The number of carbonyl (C=O) groups is 2. The number of hydrogen-bond acceptors (Lipinski definition) is 4. The molecule has 0 radical (unpaired) electrons. The second-order valence-electron chi connectivity index (χ2n) is 7.23. The van der Waals surface area contributed by atoms with Crippen LogP contribution in [-0.4, -0.2) is 43.3 Å². The molecular formula is C23H27ClN2O3. The first-order valence-corrected chi connectivity index (χ1v) is 10.4. The van der Waals surface area contributed by atoms with Crippen molar-refractivity contribution in [3.8, 4) is 5.75 Å². The number of amides is 1. The number of ketones is 1. The zero-order valence-electron chi connectivity index (χ0n) is 16.7. The molecule has 0 bridgehead atoms. The molecule has 1 aliphatic rings. The van der Waals surface area contributed by atoms with E-state index in [1.54, 1.807) is 31.4 Å². The molecule has 154 valence electrons. The third-order valence-corrected chi connectivity index (χ3v) is 5.57. The standard InChI is InChI=1S/C23H27ClN2O3/c1-29-22-7-3-2-6-19(22)20(26-14-4-5-15-26)16-25-23(28)13-12-21(27)17-8-10-18(24)11-9-17/h2-3,6-11,20H,4-5,12-16H2,1H3,(H,25,28). The lowest BCUT2D eigenvalue weighted by atomic mass is 10.0. The summed E-state index contributed by atoms with van der Waals surface area (Å²) >= 11 is 5.85. The lowest BCUT2D eigenvalue weighted by molar-refractivity contribution is -0.121. The van der Waals surface area contributed by atoms with Crippen molar-refractivity contribution in [2.24, 2.45) is 0 Å². The molecule has 1 atom stereocenters. The number of likely N-dealkylation sites (tertiary alicyclic amines) is 1. The molecule has 0 spiro atoms. The molecule has 0 aliphatic carbocycles. The van der Waals surface area contributed by atoms with Gasteiger partial charge < -0.3 is 10.1 Å². The molecule has 0 aromatic heterocycles. The smallest absolute Gasteiger partial charge is 0.220 e. The molecule has 6 heteroatoms. The van der Waals surface area contributed by atoms with Crippen LogP contribution in [0.2, 0.25) is 5.02 Å². The van der Waals surface area contributed by atoms with Crippen LogP contribution in [-0.2, 0) is 4.79 Å². The second-order valence-corrected chi connectivity index (χ2v) is 7.67. The number of para-hydroxylation sites is 1. The number of Topliss-reactive ketones (excluding diaryl/α,β-unsaturated/α-hetero) is 1. The van der Waals surface area contributed by atoms with Gasteiger partial charge in [-0.2, -0.15) is 0 Å². The molecule has 1 saturated heterocycles. The van der Waals surface area contributed by atoms with E-state index in [0.29, 0.717) is 17.1 Å². The number of ether oxygens (including phenoxy) is 1. The van der Waals surface area contributed by atoms with E-state index in [9.17, 15) is 9.59 Å². The van der Waals surface area contributed by atoms with E-state index in [2.05, 4.69) is 16.3 Å². The fourth-order valence-electron chi connectivity index (χ4n) is 3.74. The van der Waals surface area contributed by atoms with Crippen LogP contribution in [0.4, 0.5) is 0 Å². The van der Waals surface area contributed by atoms with Crippen molar-refractivity contribution < 1.29 is 14.3 Å². The van der Waals surface area contributed by atoms with Crippen molar-refractivity contribution in [1.29, 1.82) is 0 Å². The number of carbonyl (C=O) groups excluding carboxylic acids is 2. The summed E-state index contributed by atoms with van der Waals surface area (Å²) in [6, 6.07) is 14.7. The highest BCUT2D eigenvalue weighted by Gasteiger charge is 2.26. The number of rotatable bonds is 9. The number of hydrogen-bond donors (Lipinski definition) is 1. The Labute approximate surface area is 177 Å². The highest BCUT2D eigenvalue weighted by atomic mass is 35.5. The molecule has 0 saturated carbocycles. The summed E-state index contributed by atoms with van der Waals surface area (Å²) in [5.74, 6) is 0.653. The van der Waals surface area contributed by atoms with Crippen LogP contribution in [0.1, 0.15) is 47.6 Å². The van der Waals surface area contributed by atoms with Gasteiger partial charge >= 0.3 is 0 Å². The highest BCUT2D eigenvalue weighted by Crippen LogP contribution is 2.31. The number of halogens is 1. The first-order chi connectivity index (χ1) is 14.1. The van der Waals surface area contributed by atoms with E-state index in [4.69, 9.17) is 16.3 Å². The maximum Gasteiger partial charge on any atom is 0.220 e. The molecule has 29 heavy (non-hydrogen) atoms. The van der Waals surface area contributed by atoms with Crippen LogP contribution in [0.25, 0.3) is 0 Å². The molecule has 1 heterocycles. The van der Waals surface area contributed by atoms with Crippen LogP contribution in [0.5, 0.6) is 5.75 Å². The summed E-state index contributed by atoms with van der Waals surface area (Å²) in [6.45, 7) is 2.51. The van der Waals surface area contributed by atoms with E-state index in [0.717, 1.165) is 37.2 Å². The molecule has 3 rings (SSSR count). The summed E-state index contributed by atoms with van der Waals surface area (Å²) in [5.41, 5.74) is 1.65. The topological polar surface area (TPSA) is 58.6 Å². The van der Waals surface area contributed by atoms with Gasteiger partial charge in [0.05, 0.1) is 13.2 Å². The Hall–Kier alpha value is -2.37. The number of benzene rings is 2. The third-order valence-electron chi connectivity index (χ3n) is 5.32. The van der Waals surface area contributed by atoms with Gasteiger partial charge in [0.15, 0.2) is 5.78 Å². The van der Waals surface area contributed by atoms with Crippen molar-refractivity contribution in [2.45, 2.75) is 31.7 Å². The van der Waals surface area contributed by atoms with E-state index in [1.807, 2.05) is 18.2 Å². The zero-order chi connectivity index (χ0) is 20.6. The lowest BCUT2D eigenvalue weighted by Gasteiger charge is -2.29. The van der Waals surface area contributed by atoms with Gasteiger partial charge in [-0.15, -0.1) is 0 Å². The monoisotopic (exact) mass is 414 g/mol. The Bertz CT molecular complexity index is 832. The van der Waals surface area contributed by atoms with E-state index in [-0.39, 0.29) is 30.6 Å². The second kappa shape index (κ2) is 10.4. The molecule has 1 amide bonds. The van der Waals surface area contributed by atoms with Gasteiger partial charge in [0.2, 0.25) is 5.91 Å². The van der Waals surface area contributed by atoms with Crippen LogP contribution in [0.3, 0.4) is 0 Å². The quantitative estimate of drug-likeness (QED) is 0.622. The first kappa shape index (κ1) is 21.3. The Morgan fingerprint density at radius 2 is 1.76 bits per heavy atom. The van der Waals surface area contributed by atoms with Crippen molar-refractivity contribution in [3.05, 3.63) is 64.7 Å². The van der Waals surface area contributed by atoms with Crippen molar-refractivity contribution >= 4 is 23.3 Å². The molecule has 1 N–H and O–H groups in total. The molecule has 2 aromatic rings. The zero-order valence-corrected chi connectivity index (χ0v) is 17.5. The van der Waals surface area contributed by atoms with Gasteiger partial charge in [-0.05, 0) is 56.3 Å². The number of methoxy groups -OCH3 is 1. The minimum absolute atomic E-state index is 0.0577. The SMILES string of the molecule is COc1ccccc1C(CNC(=O)CCC(=O)c1ccc(Cl)cc1)N1CCCC1. The maximum absolute atomic E-state index is 12.4. The molecule has 1 unspecified atom stereocenters. The minimum atomic E-state index is -0.119. The van der Waals surface area contributed by atoms with Gasteiger partial charge in [-0.25, -0.2) is 0 Å². The maximum atomic E-state index is 12.4. The minimum Gasteiger partial charge on any atom is -0.496 e. The van der Waals surface area contributed by atoms with E-state index in [1.165, 1.54) is 0 Å². The average molecular weight is 415 g/mol. The third kappa shape index (κ3) is 5.81.